The minimum Gasteiger partial charge on any atom is -0.493 e. The number of thiocarbonyl (C=S) groups is 1. The summed E-state index contributed by atoms with van der Waals surface area (Å²) >= 11 is 11.6. The van der Waals surface area contributed by atoms with E-state index >= 15 is 0 Å². The quantitative estimate of drug-likeness (QED) is 0.637. The lowest BCUT2D eigenvalue weighted by Crippen LogP contribution is -2.72. The first-order valence-electron chi connectivity index (χ1n) is 9.88. The zero-order valence-corrected chi connectivity index (χ0v) is 19.0. The van der Waals surface area contributed by atoms with Gasteiger partial charge in [-0.3, -0.25) is 4.79 Å². The minimum absolute atomic E-state index is 0.194. The number of hydrogen-bond donors (Lipinski definition) is 2. The van der Waals surface area contributed by atoms with Crippen molar-refractivity contribution in [1.82, 2.24) is 10.2 Å². The lowest BCUT2D eigenvalue weighted by Gasteiger charge is -2.56. The van der Waals surface area contributed by atoms with E-state index in [-0.39, 0.29) is 11.9 Å². The van der Waals surface area contributed by atoms with Crippen molar-refractivity contribution in [2.45, 2.75) is 18.7 Å². The molecule has 0 aliphatic carbocycles. The highest BCUT2D eigenvalue weighted by atomic mass is 35.5. The van der Waals surface area contributed by atoms with Crippen molar-refractivity contribution >= 4 is 40.5 Å². The Bertz CT molecular complexity index is 1000. The van der Waals surface area contributed by atoms with E-state index in [4.69, 9.17) is 38.0 Å². The smallest absolute Gasteiger partial charge is 0.236 e. The lowest BCUT2D eigenvalue weighted by molar-refractivity contribution is -0.150. The summed E-state index contributed by atoms with van der Waals surface area (Å²) < 4.78 is 17.3. The molecule has 9 heteroatoms. The van der Waals surface area contributed by atoms with Gasteiger partial charge in [0, 0.05) is 29.9 Å². The molecule has 2 aromatic carbocycles. The molecule has 0 saturated carbocycles. The monoisotopic (exact) mass is 461 g/mol. The Hall–Kier alpha value is -2.55. The van der Waals surface area contributed by atoms with Crippen LogP contribution in [0.2, 0.25) is 5.02 Å². The average Bonchev–Trinajstić information content (AvgIpc) is 2.74. The molecule has 0 spiro atoms. The van der Waals surface area contributed by atoms with Crippen molar-refractivity contribution in [3.8, 4) is 11.5 Å². The molecule has 2 bridgehead atoms. The predicted molar refractivity (Wildman–Crippen MR) is 123 cm³/mol. The van der Waals surface area contributed by atoms with Gasteiger partial charge in [-0.15, -0.1) is 0 Å². The fourth-order valence-corrected chi connectivity index (χ4v) is 4.78. The number of rotatable bonds is 6. The van der Waals surface area contributed by atoms with Crippen molar-refractivity contribution in [1.29, 1.82) is 0 Å². The molecule has 1 amide bonds. The van der Waals surface area contributed by atoms with Crippen LogP contribution in [0.4, 0.5) is 5.69 Å². The van der Waals surface area contributed by atoms with E-state index in [1.54, 1.807) is 38.5 Å². The number of halogens is 1. The number of hydrogen-bond acceptors (Lipinski definition) is 5. The average molecular weight is 462 g/mol. The summed E-state index contributed by atoms with van der Waals surface area (Å²) in [7, 11) is 3.22. The van der Waals surface area contributed by atoms with Crippen LogP contribution in [-0.4, -0.2) is 49.0 Å². The molecule has 0 radical (unpaired) electrons. The molecule has 0 aromatic heterocycles. The van der Waals surface area contributed by atoms with Gasteiger partial charge >= 0.3 is 0 Å². The maximum Gasteiger partial charge on any atom is 0.236 e. The molecule has 2 N–H and O–H groups in total. The number of ether oxygens (including phenoxy) is 3. The molecular weight excluding hydrogens is 438 g/mol. The van der Waals surface area contributed by atoms with Crippen LogP contribution in [0, 0.1) is 5.92 Å². The third-order valence-corrected chi connectivity index (χ3v) is 6.35. The van der Waals surface area contributed by atoms with Crippen molar-refractivity contribution in [2.75, 3.05) is 32.7 Å². The van der Waals surface area contributed by atoms with Crippen LogP contribution in [0.25, 0.3) is 0 Å². The van der Waals surface area contributed by atoms with Crippen molar-refractivity contribution < 1.29 is 19.0 Å². The molecule has 164 valence electrons. The standard InChI is InChI=1S/C22H24ClN3O4S/c1-22-17(20(27)24-14-9-7-13(23)8-10-14)18(25-21(31)26(22)11-12-28-2)15-5-4-6-16(29-3)19(15)30-22/h4-10,17-18H,11-12H2,1-3H3,(H,24,27)(H,25,31)/t17-,18+,22+/m1/s1. The number of carbonyl (C=O) groups is 1. The molecule has 2 aromatic rings. The Morgan fingerprint density at radius 2 is 2.03 bits per heavy atom. The fourth-order valence-electron chi connectivity index (χ4n) is 4.26. The van der Waals surface area contributed by atoms with E-state index in [0.29, 0.717) is 40.5 Å². The number of nitrogens with zero attached hydrogens (tertiary/aromatic N) is 1. The maximum atomic E-state index is 13.6. The van der Waals surface area contributed by atoms with Gasteiger partial charge in [-0.1, -0.05) is 23.7 Å². The molecule has 3 atom stereocenters. The van der Waals surface area contributed by atoms with E-state index in [1.165, 1.54) is 0 Å². The first-order chi connectivity index (χ1) is 14.9. The van der Waals surface area contributed by atoms with E-state index < -0.39 is 11.6 Å². The van der Waals surface area contributed by atoms with Crippen molar-refractivity contribution in [3.63, 3.8) is 0 Å². The summed E-state index contributed by atoms with van der Waals surface area (Å²) in [6.07, 6.45) is 0. The van der Waals surface area contributed by atoms with Gasteiger partial charge in [0.1, 0.15) is 5.92 Å². The first-order valence-corrected chi connectivity index (χ1v) is 10.7. The van der Waals surface area contributed by atoms with Gasteiger partial charge in [0.15, 0.2) is 22.3 Å². The molecule has 2 aliphatic heterocycles. The number of anilines is 1. The molecule has 7 nitrogen and oxygen atoms in total. The second-order valence-electron chi connectivity index (χ2n) is 7.58. The highest BCUT2D eigenvalue weighted by Crippen LogP contribution is 2.51. The summed E-state index contributed by atoms with van der Waals surface area (Å²) in [6.45, 7) is 2.76. The number of benzene rings is 2. The number of amides is 1. The fraction of sp³-hybridized carbons (Fsp3) is 0.364. The molecular formula is C22H24ClN3O4S. The van der Waals surface area contributed by atoms with Crippen LogP contribution in [0.15, 0.2) is 42.5 Å². The Balaban J connectivity index is 1.77. The molecule has 31 heavy (non-hydrogen) atoms. The van der Waals surface area contributed by atoms with E-state index in [9.17, 15) is 4.79 Å². The molecule has 2 heterocycles. The summed E-state index contributed by atoms with van der Waals surface area (Å²) in [5, 5.41) is 7.45. The molecule has 2 aliphatic rings. The number of fused-ring (bicyclic) bond motifs is 4. The van der Waals surface area contributed by atoms with Crippen LogP contribution < -0.4 is 20.1 Å². The van der Waals surface area contributed by atoms with Crippen LogP contribution in [0.3, 0.4) is 0 Å². The van der Waals surface area contributed by atoms with Crippen LogP contribution in [-0.2, 0) is 9.53 Å². The largest absolute Gasteiger partial charge is 0.493 e. The topological polar surface area (TPSA) is 72.1 Å². The SMILES string of the molecule is COCCN1C(=S)N[C@H]2c3cccc(OC)c3O[C@@]1(C)[C@H]2C(=O)Nc1ccc(Cl)cc1. The van der Waals surface area contributed by atoms with Crippen LogP contribution >= 0.6 is 23.8 Å². The third kappa shape index (κ3) is 3.79. The van der Waals surface area contributed by atoms with E-state index in [1.807, 2.05) is 30.0 Å². The Morgan fingerprint density at radius 1 is 1.29 bits per heavy atom. The predicted octanol–water partition coefficient (Wildman–Crippen LogP) is 3.59. The summed E-state index contributed by atoms with van der Waals surface area (Å²) in [4.78, 5) is 15.4. The zero-order chi connectivity index (χ0) is 22.2. The van der Waals surface area contributed by atoms with Crippen molar-refractivity contribution in [2.24, 2.45) is 5.92 Å². The second kappa shape index (κ2) is 8.53. The third-order valence-electron chi connectivity index (χ3n) is 5.76. The number of nitrogens with one attached hydrogen (secondary N) is 2. The minimum atomic E-state index is -1.05. The van der Waals surface area contributed by atoms with E-state index in [2.05, 4.69) is 10.6 Å². The summed E-state index contributed by atoms with van der Waals surface area (Å²) in [5.74, 6) is 0.407. The van der Waals surface area contributed by atoms with Gasteiger partial charge in [0.2, 0.25) is 5.91 Å². The molecule has 1 fully saturated rings. The Morgan fingerprint density at radius 3 is 2.71 bits per heavy atom. The summed E-state index contributed by atoms with van der Waals surface area (Å²) in [5.41, 5.74) is 0.421. The Labute approximate surface area is 191 Å². The summed E-state index contributed by atoms with van der Waals surface area (Å²) in [6, 6.07) is 12.2. The zero-order valence-electron chi connectivity index (χ0n) is 17.5. The van der Waals surface area contributed by atoms with Gasteiger partial charge in [-0.05, 0) is 49.5 Å². The normalized spacial score (nSPS) is 24.0. The van der Waals surface area contributed by atoms with Gasteiger partial charge < -0.3 is 29.7 Å². The number of para-hydroxylation sites is 1. The van der Waals surface area contributed by atoms with Crippen LogP contribution in [0.1, 0.15) is 18.5 Å². The highest BCUT2D eigenvalue weighted by molar-refractivity contribution is 7.80. The van der Waals surface area contributed by atoms with Gasteiger partial charge in [0.25, 0.3) is 0 Å². The highest BCUT2D eigenvalue weighted by Gasteiger charge is 2.59. The van der Waals surface area contributed by atoms with Gasteiger partial charge in [-0.25, -0.2) is 0 Å². The maximum absolute atomic E-state index is 13.6. The lowest BCUT2D eigenvalue weighted by atomic mass is 9.78. The van der Waals surface area contributed by atoms with Crippen LogP contribution in [0.5, 0.6) is 11.5 Å². The number of carbonyl (C=O) groups excluding carboxylic acids is 1. The molecule has 1 saturated heterocycles. The Kier molecular flexibility index (Phi) is 5.96. The second-order valence-corrected chi connectivity index (χ2v) is 8.40. The molecule has 4 rings (SSSR count). The first kappa shape index (κ1) is 21.7. The van der Waals surface area contributed by atoms with E-state index in [0.717, 1.165) is 5.56 Å². The van der Waals surface area contributed by atoms with Gasteiger partial charge in [0.05, 0.1) is 19.8 Å². The van der Waals surface area contributed by atoms with Gasteiger partial charge in [-0.2, -0.15) is 0 Å². The molecule has 0 unspecified atom stereocenters. The number of methoxy groups -OCH3 is 2. The van der Waals surface area contributed by atoms with Crippen molar-refractivity contribution in [3.05, 3.63) is 53.1 Å².